The van der Waals surface area contributed by atoms with E-state index in [1.54, 1.807) is 0 Å². The first-order valence-electron chi connectivity index (χ1n) is 6.82. The smallest absolute Gasteiger partial charge is 0.212 e. The van der Waals surface area contributed by atoms with E-state index >= 15 is 0 Å². The normalized spacial score (nSPS) is 11.7. The monoisotopic (exact) mass is 296 g/mol. The molecule has 0 heterocycles. The predicted octanol–water partition coefficient (Wildman–Crippen LogP) is 3.69. The summed E-state index contributed by atoms with van der Waals surface area (Å²) in [5, 5.41) is 9.09. The fourth-order valence-corrected chi connectivity index (χ4v) is 4.10. The second-order valence-corrected chi connectivity index (χ2v) is 6.93. The van der Waals surface area contributed by atoms with E-state index in [2.05, 4.69) is 26.0 Å². The molecule has 1 unspecified atom stereocenters. The van der Waals surface area contributed by atoms with Crippen LogP contribution in [0.3, 0.4) is 0 Å². The largest absolute Gasteiger partial charge is 0.289 e. The van der Waals surface area contributed by atoms with Gasteiger partial charge in [-0.1, -0.05) is 42.5 Å². The maximum absolute atomic E-state index is 12.4. The minimum absolute atomic E-state index is 0.107. The first kappa shape index (κ1) is 15.3. The Morgan fingerprint density at radius 3 is 2.48 bits per heavy atom. The number of benzene rings is 2. The minimum Gasteiger partial charge on any atom is -0.289 e. The first-order valence-corrected chi connectivity index (χ1v) is 8.38. The highest BCUT2D eigenvalue weighted by molar-refractivity contribution is 7.97. The molecule has 21 heavy (non-hydrogen) atoms. The average Bonchev–Trinajstić information content (AvgIpc) is 2.50. The molecule has 0 fully saturated rings. The molecule has 0 N–H and O–H groups in total. The number of aryl methyl sites for hydroxylation is 1. The van der Waals surface area contributed by atoms with E-state index in [1.165, 1.54) is 11.1 Å². The molecule has 0 radical (unpaired) electrons. The van der Waals surface area contributed by atoms with Crippen LogP contribution in [0.1, 0.15) is 21.5 Å². The van der Waals surface area contributed by atoms with Crippen molar-refractivity contribution in [2.24, 2.45) is 0 Å². The van der Waals surface area contributed by atoms with Gasteiger partial charge in [0.1, 0.15) is 6.07 Å². The predicted molar refractivity (Wildman–Crippen MR) is 87.7 cm³/mol. The van der Waals surface area contributed by atoms with E-state index in [1.807, 2.05) is 42.5 Å². The average molecular weight is 296 g/mol. The topological polar surface area (TPSA) is 40.9 Å². The molecule has 2 nitrogen and oxygen atoms in total. The number of carbonyl (C=O) groups excluding carboxylic acids is 1. The SMILES string of the molecule is Cc1cccc([S+](CC#N)CC(=O)c2ccccc2)c1C. The molecule has 2 aromatic rings. The zero-order valence-electron chi connectivity index (χ0n) is 12.3. The standard InChI is InChI=1S/C18H18NOS/c1-14-7-6-10-18(15(14)2)21(12-11-19)13-17(20)16-8-4-3-5-9-16/h3-10H,12-13H2,1-2H3/q+1. The minimum atomic E-state index is -0.351. The van der Waals surface area contributed by atoms with Crippen LogP contribution >= 0.6 is 0 Å². The molecule has 2 aromatic carbocycles. The van der Waals surface area contributed by atoms with Gasteiger partial charge in [-0.05, 0) is 25.5 Å². The molecule has 1 atom stereocenters. The highest BCUT2D eigenvalue weighted by Gasteiger charge is 2.28. The summed E-state index contributed by atoms with van der Waals surface area (Å²) in [5.41, 5.74) is 3.12. The van der Waals surface area contributed by atoms with E-state index in [0.29, 0.717) is 11.5 Å². The molecule has 0 bridgehead atoms. The Balaban J connectivity index is 2.26. The van der Waals surface area contributed by atoms with Gasteiger partial charge in [0.05, 0.1) is 0 Å². The molecular formula is C18H18NOS+. The molecule has 2 rings (SSSR count). The van der Waals surface area contributed by atoms with Crippen molar-refractivity contribution in [3.05, 3.63) is 65.2 Å². The Kier molecular flexibility index (Phi) is 5.19. The summed E-state index contributed by atoms with van der Waals surface area (Å²) >= 11 is 0. The Hall–Kier alpha value is -2.05. The fraction of sp³-hybridized carbons (Fsp3) is 0.222. The van der Waals surface area contributed by atoms with Crippen molar-refractivity contribution >= 4 is 16.7 Å². The molecule has 3 heteroatoms. The summed E-state index contributed by atoms with van der Waals surface area (Å²) in [4.78, 5) is 13.5. The van der Waals surface area contributed by atoms with Crippen LogP contribution in [0.5, 0.6) is 0 Å². The lowest BCUT2D eigenvalue weighted by Crippen LogP contribution is -2.20. The lowest BCUT2D eigenvalue weighted by molar-refractivity contribution is 0.102. The van der Waals surface area contributed by atoms with Gasteiger partial charge in [0.15, 0.2) is 16.4 Å². The van der Waals surface area contributed by atoms with E-state index in [0.717, 1.165) is 10.5 Å². The van der Waals surface area contributed by atoms with Crippen LogP contribution in [0.25, 0.3) is 0 Å². The number of ketones is 1. The van der Waals surface area contributed by atoms with Crippen molar-refractivity contribution in [2.75, 3.05) is 11.5 Å². The van der Waals surface area contributed by atoms with Crippen molar-refractivity contribution in [2.45, 2.75) is 18.7 Å². The number of nitrogens with zero attached hydrogens (tertiary/aromatic N) is 1. The van der Waals surface area contributed by atoms with Crippen LogP contribution in [-0.4, -0.2) is 17.3 Å². The number of rotatable bonds is 5. The Morgan fingerprint density at radius 1 is 1.10 bits per heavy atom. The summed E-state index contributed by atoms with van der Waals surface area (Å²) in [5.74, 6) is 0.903. The second kappa shape index (κ2) is 7.10. The molecular weight excluding hydrogens is 278 g/mol. The first-order chi connectivity index (χ1) is 10.1. The second-order valence-electron chi connectivity index (χ2n) is 4.93. The highest BCUT2D eigenvalue weighted by Crippen LogP contribution is 2.22. The molecule has 0 saturated carbocycles. The quantitative estimate of drug-likeness (QED) is 0.623. The van der Waals surface area contributed by atoms with Crippen molar-refractivity contribution in [1.82, 2.24) is 0 Å². The van der Waals surface area contributed by atoms with Crippen LogP contribution in [0.4, 0.5) is 0 Å². The van der Waals surface area contributed by atoms with Gasteiger partial charge < -0.3 is 0 Å². The lowest BCUT2D eigenvalue weighted by atomic mass is 10.1. The number of carbonyl (C=O) groups is 1. The van der Waals surface area contributed by atoms with Crippen molar-refractivity contribution in [1.29, 1.82) is 5.26 Å². The van der Waals surface area contributed by atoms with Crippen LogP contribution in [0.15, 0.2) is 53.4 Å². The highest BCUT2D eigenvalue weighted by atomic mass is 32.2. The zero-order valence-corrected chi connectivity index (χ0v) is 13.1. The third-order valence-corrected chi connectivity index (χ3v) is 5.66. The molecule has 0 saturated heterocycles. The van der Waals surface area contributed by atoms with Crippen LogP contribution < -0.4 is 0 Å². The molecule has 0 amide bonds. The van der Waals surface area contributed by atoms with Crippen molar-refractivity contribution in [3.63, 3.8) is 0 Å². The van der Waals surface area contributed by atoms with Gasteiger partial charge in [0, 0.05) is 22.0 Å². The summed E-state index contributed by atoms with van der Waals surface area (Å²) in [7, 11) is -0.351. The summed E-state index contributed by atoms with van der Waals surface area (Å²) in [6.07, 6.45) is 0. The molecule has 106 valence electrons. The summed E-state index contributed by atoms with van der Waals surface area (Å²) < 4.78 is 0. The van der Waals surface area contributed by atoms with Crippen LogP contribution in [-0.2, 0) is 10.9 Å². The van der Waals surface area contributed by atoms with Gasteiger partial charge >= 0.3 is 0 Å². The summed E-state index contributed by atoms with van der Waals surface area (Å²) in [6.45, 7) is 4.13. The van der Waals surface area contributed by atoms with Crippen LogP contribution in [0.2, 0.25) is 0 Å². The van der Waals surface area contributed by atoms with E-state index in [9.17, 15) is 4.79 Å². The number of hydrogen-bond acceptors (Lipinski definition) is 2. The van der Waals surface area contributed by atoms with Gasteiger partial charge in [-0.15, -0.1) is 0 Å². The van der Waals surface area contributed by atoms with Gasteiger partial charge in [-0.25, -0.2) is 0 Å². The van der Waals surface area contributed by atoms with E-state index in [4.69, 9.17) is 5.26 Å². The van der Waals surface area contributed by atoms with Crippen LogP contribution in [0, 0.1) is 25.2 Å². The third kappa shape index (κ3) is 3.74. The Morgan fingerprint density at radius 2 is 1.81 bits per heavy atom. The van der Waals surface area contributed by atoms with Gasteiger partial charge in [0.25, 0.3) is 0 Å². The number of hydrogen-bond donors (Lipinski definition) is 0. The Bertz CT molecular complexity index is 673. The number of nitriles is 1. The maximum Gasteiger partial charge on any atom is 0.212 e. The lowest BCUT2D eigenvalue weighted by Gasteiger charge is -2.09. The molecule has 0 aromatic heterocycles. The summed E-state index contributed by atoms with van der Waals surface area (Å²) in [6, 6.07) is 17.6. The maximum atomic E-state index is 12.4. The van der Waals surface area contributed by atoms with Gasteiger partial charge in [-0.2, -0.15) is 5.26 Å². The van der Waals surface area contributed by atoms with Crippen molar-refractivity contribution < 1.29 is 4.79 Å². The molecule has 0 spiro atoms. The third-order valence-electron chi connectivity index (χ3n) is 3.51. The van der Waals surface area contributed by atoms with E-state index < -0.39 is 0 Å². The molecule has 0 aliphatic carbocycles. The fourth-order valence-electron chi connectivity index (χ4n) is 2.19. The van der Waals surface area contributed by atoms with Crippen molar-refractivity contribution in [3.8, 4) is 6.07 Å². The number of Topliss-reactive ketones (excluding diaryl/α,β-unsaturated/α-hetero) is 1. The molecule has 0 aliphatic rings. The van der Waals surface area contributed by atoms with Gasteiger partial charge in [0.2, 0.25) is 5.78 Å². The Labute approximate surface area is 128 Å². The van der Waals surface area contributed by atoms with Gasteiger partial charge in [-0.3, -0.25) is 4.79 Å². The van der Waals surface area contributed by atoms with E-state index in [-0.39, 0.29) is 16.7 Å². The molecule has 0 aliphatic heterocycles. The zero-order chi connectivity index (χ0) is 15.2.